The zero-order valence-electron chi connectivity index (χ0n) is 18.8. The van der Waals surface area contributed by atoms with E-state index in [1.165, 1.54) is 23.3 Å². The van der Waals surface area contributed by atoms with Crippen LogP contribution in [0.2, 0.25) is 0 Å². The molecule has 0 spiro atoms. The van der Waals surface area contributed by atoms with Crippen molar-refractivity contribution >= 4 is 17.1 Å². The van der Waals surface area contributed by atoms with E-state index in [1.807, 2.05) is 22.8 Å². The number of amides is 1. The molecule has 0 unspecified atom stereocenters. The van der Waals surface area contributed by atoms with Crippen molar-refractivity contribution in [1.82, 2.24) is 19.9 Å². The highest BCUT2D eigenvalue weighted by Gasteiger charge is 2.31. The Hall–Kier alpha value is -3.88. The molecule has 0 saturated carbocycles. The van der Waals surface area contributed by atoms with E-state index in [-0.39, 0.29) is 24.1 Å². The highest BCUT2D eigenvalue weighted by atomic mass is 19.4. The van der Waals surface area contributed by atoms with Crippen LogP contribution in [0.15, 0.2) is 66.9 Å². The summed E-state index contributed by atoms with van der Waals surface area (Å²) < 4.78 is 43.2. The maximum Gasteiger partial charge on any atom is 0.573 e. The van der Waals surface area contributed by atoms with Crippen LogP contribution in [0.5, 0.6) is 5.75 Å². The summed E-state index contributed by atoms with van der Waals surface area (Å²) in [7, 11) is 0. The summed E-state index contributed by atoms with van der Waals surface area (Å²) in [6.45, 7) is 0.354. The van der Waals surface area contributed by atoms with Crippen LogP contribution in [0, 0.1) is 0 Å². The predicted octanol–water partition coefficient (Wildman–Crippen LogP) is 5.11. The number of nitrogens with one attached hydrogen (secondary N) is 1. The lowest BCUT2D eigenvalue weighted by Gasteiger charge is -2.14. The number of pyridine rings is 1. The van der Waals surface area contributed by atoms with Crippen LogP contribution in [-0.2, 0) is 24.2 Å². The largest absolute Gasteiger partial charge is 0.573 e. The van der Waals surface area contributed by atoms with E-state index in [0.717, 1.165) is 18.4 Å². The average Bonchev–Trinajstić information content (AvgIpc) is 3.39. The van der Waals surface area contributed by atoms with Crippen molar-refractivity contribution in [2.24, 2.45) is 0 Å². The summed E-state index contributed by atoms with van der Waals surface area (Å²) in [5, 5.41) is 3.14. The monoisotopic (exact) mass is 480 g/mol. The lowest BCUT2D eigenvalue weighted by molar-refractivity contribution is -0.274. The first kappa shape index (κ1) is 22.9. The zero-order chi connectivity index (χ0) is 24.4. The van der Waals surface area contributed by atoms with E-state index >= 15 is 0 Å². The third kappa shape index (κ3) is 5.29. The Morgan fingerprint density at radius 3 is 2.69 bits per heavy atom. The number of rotatable bonds is 7. The van der Waals surface area contributed by atoms with Crippen LogP contribution in [0.25, 0.3) is 11.2 Å². The number of ether oxygens (including phenoxy) is 1. The van der Waals surface area contributed by atoms with E-state index < -0.39 is 6.36 Å². The molecular formula is C26H23F3N4O2. The Labute approximate surface area is 199 Å². The fraction of sp³-hybridized carbons (Fsp3) is 0.269. The average molecular weight is 480 g/mol. The van der Waals surface area contributed by atoms with E-state index in [0.29, 0.717) is 30.0 Å². The quantitative estimate of drug-likeness (QED) is 0.399. The predicted molar refractivity (Wildman–Crippen MR) is 124 cm³/mol. The van der Waals surface area contributed by atoms with Gasteiger partial charge in [-0.05, 0) is 53.8 Å². The molecule has 2 aromatic heterocycles. The number of imidazole rings is 1. The second-order valence-corrected chi connectivity index (χ2v) is 8.51. The van der Waals surface area contributed by atoms with Crippen molar-refractivity contribution in [3.05, 3.63) is 89.4 Å². The maximum absolute atomic E-state index is 12.7. The van der Waals surface area contributed by atoms with Gasteiger partial charge in [-0.1, -0.05) is 36.4 Å². The van der Waals surface area contributed by atoms with Gasteiger partial charge < -0.3 is 14.6 Å². The second-order valence-electron chi connectivity index (χ2n) is 8.51. The van der Waals surface area contributed by atoms with Crippen molar-refractivity contribution in [3.8, 4) is 5.75 Å². The number of carbonyl (C=O) groups excluding carboxylic acids is 1. The van der Waals surface area contributed by atoms with Crippen LogP contribution >= 0.6 is 0 Å². The summed E-state index contributed by atoms with van der Waals surface area (Å²) in [6.07, 6.45) is -0.557. The number of hydrogen-bond donors (Lipinski definition) is 1. The molecule has 0 bridgehead atoms. The van der Waals surface area contributed by atoms with Crippen molar-refractivity contribution in [2.75, 3.05) is 0 Å². The van der Waals surface area contributed by atoms with Gasteiger partial charge in [0.2, 0.25) is 5.91 Å². The van der Waals surface area contributed by atoms with Crippen molar-refractivity contribution < 1.29 is 22.7 Å². The number of alkyl halides is 3. The zero-order valence-corrected chi connectivity index (χ0v) is 18.8. The topological polar surface area (TPSA) is 69.0 Å². The van der Waals surface area contributed by atoms with Gasteiger partial charge in [0, 0.05) is 19.0 Å². The molecule has 180 valence electrons. The van der Waals surface area contributed by atoms with Crippen LogP contribution in [0.1, 0.15) is 41.4 Å². The van der Waals surface area contributed by atoms with Crippen LogP contribution in [-0.4, -0.2) is 26.8 Å². The Bertz CT molecular complexity index is 1350. The molecule has 0 saturated heterocycles. The molecule has 1 amide bonds. The molecule has 0 aliphatic heterocycles. The molecule has 0 radical (unpaired) electrons. The Morgan fingerprint density at radius 1 is 1.09 bits per heavy atom. The van der Waals surface area contributed by atoms with Crippen molar-refractivity contribution in [1.29, 1.82) is 0 Å². The third-order valence-corrected chi connectivity index (χ3v) is 6.12. The van der Waals surface area contributed by atoms with E-state index in [1.54, 1.807) is 24.4 Å². The van der Waals surface area contributed by atoms with E-state index in [4.69, 9.17) is 0 Å². The number of hydrogen-bond acceptors (Lipinski definition) is 4. The number of aromatic nitrogens is 3. The number of aryl methyl sites for hydroxylation is 2. The summed E-state index contributed by atoms with van der Waals surface area (Å²) in [6, 6.07) is 17.5. The van der Waals surface area contributed by atoms with Gasteiger partial charge in [-0.25, -0.2) is 9.97 Å². The lowest BCUT2D eigenvalue weighted by atomic mass is 10.1. The molecule has 2 aromatic carbocycles. The Balaban J connectivity index is 1.29. The maximum atomic E-state index is 12.7. The molecule has 1 atom stereocenters. The smallest absolute Gasteiger partial charge is 0.406 e. The molecule has 1 aliphatic carbocycles. The molecule has 6 nitrogen and oxygen atoms in total. The fourth-order valence-corrected chi connectivity index (χ4v) is 4.54. The standard InChI is InChI=1S/C26H23F3N4O2/c27-26(28,29)35-19-10-7-17(8-11-19)16-33-23(31-22-6-3-15-30-25(22)33)13-14-24(34)32-21-12-9-18-4-1-2-5-20(18)21/h1-8,10-11,15,21H,9,12-14,16H2,(H,32,34)/t21-/m0/s1. The van der Waals surface area contributed by atoms with Crippen LogP contribution in [0.4, 0.5) is 13.2 Å². The molecule has 5 rings (SSSR count). The van der Waals surface area contributed by atoms with E-state index in [2.05, 4.69) is 32.2 Å². The normalized spacial score (nSPS) is 15.2. The molecule has 1 N–H and O–H groups in total. The SMILES string of the molecule is O=C(CCc1nc2cccnc2n1Cc1ccc(OC(F)(F)F)cc1)N[C@H]1CCc2ccccc21. The molecule has 9 heteroatoms. The number of carbonyl (C=O) groups is 1. The lowest BCUT2D eigenvalue weighted by Crippen LogP contribution is -2.27. The van der Waals surface area contributed by atoms with Crippen LogP contribution < -0.4 is 10.1 Å². The summed E-state index contributed by atoms with van der Waals surface area (Å²) in [5.74, 6) is 0.364. The molecule has 4 aromatic rings. The summed E-state index contributed by atoms with van der Waals surface area (Å²) in [5.41, 5.74) is 4.57. The molecule has 0 fully saturated rings. The van der Waals surface area contributed by atoms with Gasteiger partial charge in [0.05, 0.1) is 12.6 Å². The number of nitrogens with zero attached hydrogens (tertiary/aromatic N) is 3. The van der Waals surface area contributed by atoms with Gasteiger partial charge in [0.1, 0.15) is 17.1 Å². The molecule has 2 heterocycles. The first-order valence-electron chi connectivity index (χ1n) is 11.4. The Morgan fingerprint density at radius 2 is 1.89 bits per heavy atom. The van der Waals surface area contributed by atoms with Gasteiger partial charge in [0.15, 0.2) is 5.65 Å². The third-order valence-electron chi connectivity index (χ3n) is 6.12. The summed E-state index contributed by atoms with van der Waals surface area (Å²) in [4.78, 5) is 21.8. The molecule has 1 aliphatic rings. The van der Waals surface area contributed by atoms with Gasteiger partial charge in [0.25, 0.3) is 0 Å². The highest BCUT2D eigenvalue weighted by molar-refractivity contribution is 5.77. The van der Waals surface area contributed by atoms with Gasteiger partial charge in [-0.3, -0.25) is 4.79 Å². The van der Waals surface area contributed by atoms with Gasteiger partial charge >= 0.3 is 6.36 Å². The minimum Gasteiger partial charge on any atom is -0.406 e. The van der Waals surface area contributed by atoms with E-state index in [9.17, 15) is 18.0 Å². The first-order chi connectivity index (χ1) is 16.9. The molecular weight excluding hydrogens is 457 g/mol. The van der Waals surface area contributed by atoms with Crippen LogP contribution in [0.3, 0.4) is 0 Å². The Kier molecular flexibility index (Phi) is 6.15. The second kappa shape index (κ2) is 9.40. The van der Waals surface area contributed by atoms with Crippen molar-refractivity contribution in [2.45, 2.75) is 44.6 Å². The van der Waals surface area contributed by atoms with Crippen molar-refractivity contribution in [3.63, 3.8) is 0 Å². The minimum absolute atomic E-state index is 0.0246. The molecule has 35 heavy (non-hydrogen) atoms. The summed E-state index contributed by atoms with van der Waals surface area (Å²) >= 11 is 0. The first-order valence-corrected chi connectivity index (χ1v) is 11.4. The minimum atomic E-state index is -4.74. The van der Waals surface area contributed by atoms with Gasteiger partial charge in [-0.2, -0.15) is 0 Å². The number of fused-ring (bicyclic) bond motifs is 2. The number of benzene rings is 2. The fourth-order valence-electron chi connectivity index (χ4n) is 4.54. The highest BCUT2D eigenvalue weighted by Crippen LogP contribution is 2.31. The number of halogens is 3. The van der Waals surface area contributed by atoms with Gasteiger partial charge in [-0.15, -0.1) is 13.2 Å².